The molecule has 0 amide bonds. The molecule has 0 saturated carbocycles. The van der Waals surface area contributed by atoms with Gasteiger partial charge in [0.15, 0.2) is 0 Å². The maximum atomic E-state index is 12.0. The van der Waals surface area contributed by atoms with Crippen molar-refractivity contribution in [3.05, 3.63) is 35.4 Å². The Morgan fingerprint density at radius 1 is 1.27 bits per heavy atom. The molecule has 1 fully saturated rings. The summed E-state index contributed by atoms with van der Waals surface area (Å²) in [5.41, 5.74) is 2.05. The second-order valence-electron chi connectivity index (χ2n) is 7.03. The second kappa shape index (κ2) is 5.39. The molecule has 2 atom stereocenters. The summed E-state index contributed by atoms with van der Waals surface area (Å²) in [5, 5.41) is 4.23. The van der Waals surface area contributed by atoms with E-state index in [2.05, 4.69) is 17.1 Å². The van der Waals surface area contributed by atoms with Gasteiger partial charge in [0.2, 0.25) is 0 Å². The van der Waals surface area contributed by atoms with E-state index in [1.165, 1.54) is 0 Å². The highest BCUT2D eigenvalue weighted by atomic mass is 16.6. The summed E-state index contributed by atoms with van der Waals surface area (Å²) in [4.78, 5) is 19.8. The predicted molar refractivity (Wildman–Crippen MR) is 84.0 cm³/mol. The number of hydrogen-bond donors (Lipinski definition) is 0. The van der Waals surface area contributed by atoms with E-state index in [4.69, 9.17) is 9.57 Å². The van der Waals surface area contributed by atoms with Crippen molar-refractivity contribution in [3.8, 4) is 0 Å². The van der Waals surface area contributed by atoms with Crippen LogP contribution in [0.5, 0.6) is 0 Å². The van der Waals surface area contributed by atoms with Crippen molar-refractivity contribution in [1.82, 2.24) is 4.90 Å². The summed E-state index contributed by atoms with van der Waals surface area (Å²) in [7, 11) is 2.09. The number of carbonyl (C=O) groups is 1. The average molecular weight is 302 g/mol. The molecule has 5 heteroatoms. The van der Waals surface area contributed by atoms with E-state index in [-0.39, 0.29) is 12.1 Å². The van der Waals surface area contributed by atoms with Gasteiger partial charge in [0.25, 0.3) is 0 Å². The number of hydrogen-bond acceptors (Lipinski definition) is 5. The number of esters is 1. The summed E-state index contributed by atoms with van der Waals surface area (Å²) in [6.45, 7) is 7.45. The van der Waals surface area contributed by atoms with Crippen LogP contribution in [-0.2, 0) is 9.57 Å². The van der Waals surface area contributed by atoms with Gasteiger partial charge >= 0.3 is 5.97 Å². The topological polar surface area (TPSA) is 51.1 Å². The Morgan fingerprint density at radius 2 is 1.95 bits per heavy atom. The molecule has 3 rings (SSSR count). The minimum atomic E-state index is -0.485. The number of ether oxygens (including phenoxy) is 1. The summed E-state index contributed by atoms with van der Waals surface area (Å²) >= 11 is 0. The van der Waals surface area contributed by atoms with Crippen molar-refractivity contribution in [3.63, 3.8) is 0 Å². The van der Waals surface area contributed by atoms with Crippen LogP contribution in [-0.4, -0.2) is 48.4 Å². The van der Waals surface area contributed by atoms with E-state index in [0.717, 1.165) is 24.4 Å². The summed E-state index contributed by atoms with van der Waals surface area (Å²) in [6.07, 6.45) is 0.158. The van der Waals surface area contributed by atoms with Crippen molar-refractivity contribution < 1.29 is 14.4 Å². The van der Waals surface area contributed by atoms with Crippen LogP contribution in [0.2, 0.25) is 0 Å². The standard InChI is InChI=1S/C17H22N2O3/c1-17(2,3)21-16(20)12-7-5-11(6-8-12)15-13-9-19(4)10-14(13)22-18-15/h5-8,13-14H,9-10H2,1-4H3. The molecule has 0 N–H and O–H groups in total. The fraction of sp³-hybridized carbons (Fsp3) is 0.529. The molecular formula is C17H22N2O3. The Kier molecular flexibility index (Phi) is 3.68. The fourth-order valence-corrected chi connectivity index (χ4v) is 2.90. The van der Waals surface area contributed by atoms with Gasteiger partial charge in [0.05, 0.1) is 17.2 Å². The van der Waals surface area contributed by atoms with Crippen LogP contribution in [0.1, 0.15) is 36.7 Å². The van der Waals surface area contributed by atoms with Crippen molar-refractivity contribution in [2.24, 2.45) is 11.1 Å². The largest absolute Gasteiger partial charge is 0.456 e. The molecule has 0 aliphatic carbocycles. The van der Waals surface area contributed by atoms with Crippen LogP contribution in [0.25, 0.3) is 0 Å². The van der Waals surface area contributed by atoms with E-state index in [1.807, 2.05) is 32.9 Å². The zero-order valence-electron chi connectivity index (χ0n) is 13.5. The third-order valence-corrected chi connectivity index (χ3v) is 3.90. The average Bonchev–Trinajstić information content (AvgIpc) is 2.95. The first kappa shape index (κ1) is 15.0. The third kappa shape index (κ3) is 2.99. The van der Waals surface area contributed by atoms with E-state index < -0.39 is 5.60 Å². The molecule has 5 nitrogen and oxygen atoms in total. The third-order valence-electron chi connectivity index (χ3n) is 3.90. The Labute approximate surface area is 130 Å². The lowest BCUT2D eigenvalue weighted by Crippen LogP contribution is -2.24. The quantitative estimate of drug-likeness (QED) is 0.787. The van der Waals surface area contributed by atoms with Gasteiger partial charge in [-0.2, -0.15) is 0 Å². The Hall–Kier alpha value is -1.88. The lowest BCUT2D eigenvalue weighted by molar-refractivity contribution is 0.00695. The fourth-order valence-electron chi connectivity index (χ4n) is 2.90. The van der Waals surface area contributed by atoms with E-state index in [9.17, 15) is 4.79 Å². The van der Waals surface area contributed by atoms with Crippen molar-refractivity contribution >= 4 is 11.7 Å². The molecule has 0 spiro atoms. The molecule has 2 unspecified atom stereocenters. The summed E-state index contributed by atoms with van der Waals surface area (Å²) in [5.74, 6) is 0.0134. The SMILES string of the molecule is CN1CC2ON=C(c3ccc(C(=O)OC(C)(C)C)cc3)C2C1. The lowest BCUT2D eigenvalue weighted by atomic mass is 9.94. The second-order valence-corrected chi connectivity index (χ2v) is 7.03. The number of fused-ring (bicyclic) bond motifs is 1. The Bertz CT molecular complexity index is 601. The molecular weight excluding hydrogens is 280 g/mol. The van der Waals surface area contributed by atoms with Crippen LogP contribution in [0.15, 0.2) is 29.4 Å². The van der Waals surface area contributed by atoms with Crippen molar-refractivity contribution in [2.75, 3.05) is 20.1 Å². The molecule has 0 radical (unpaired) electrons. The van der Waals surface area contributed by atoms with Gasteiger partial charge < -0.3 is 14.5 Å². The van der Waals surface area contributed by atoms with Crippen molar-refractivity contribution in [2.45, 2.75) is 32.5 Å². The monoisotopic (exact) mass is 302 g/mol. The van der Waals surface area contributed by atoms with Crippen LogP contribution in [0, 0.1) is 5.92 Å². The Balaban J connectivity index is 1.74. The molecule has 1 aromatic rings. The van der Waals surface area contributed by atoms with Crippen LogP contribution in [0.4, 0.5) is 0 Å². The van der Waals surface area contributed by atoms with Crippen LogP contribution >= 0.6 is 0 Å². The van der Waals surface area contributed by atoms with Gasteiger partial charge in [-0.05, 0) is 45.5 Å². The highest BCUT2D eigenvalue weighted by Gasteiger charge is 2.41. The zero-order valence-corrected chi connectivity index (χ0v) is 13.5. The number of carbonyl (C=O) groups excluding carboxylic acids is 1. The van der Waals surface area contributed by atoms with Gasteiger partial charge in [0, 0.05) is 13.1 Å². The predicted octanol–water partition coefficient (Wildman–Crippen LogP) is 2.31. The first-order chi connectivity index (χ1) is 10.3. The molecule has 1 aromatic carbocycles. The van der Waals surface area contributed by atoms with Crippen molar-refractivity contribution in [1.29, 1.82) is 0 Å². The molecule has 0 bridgehead atoms. The molecule has 2 aliphatic rings. The van der Waals surface area contributed by atoms with Gasteiger partial charge in [-0.15, -0.1) is 0 Å². The molecule has 22 heavy (non-hydrogen) atoms. The van der Waals surface area contributed by atoms with Crippen LogP contribution < -0.4 is 0 Å². The number of benzene rings is 1. The first-order valence-corrected chi connectivity index (χ1v) is 7.59. The van der Waals surface area contributed by atoms with E-state index in [1.54, 1.807) is 12.1 Å². The highest BCUT2D eigenvalue weighted by molar-refractivity contribution is 6.04. The normalized spacial score (nSPS) is 24.6. The number of likely N-dealkylation sites (N-methyl/N-ethyl adjacent to an activating group) is 1. The number of likely N-dealkylation sites (tertiary alicyclic amines) is 1. The minimum Gasteiger partial charge on any atom is -0.456 e. The minimum absolute atomic E-state index is 0.158. The molecule has 1 saturated heterocycles. The Morgan fingerprint density at radius 3 is 2.59 bits per heavy atom. The molecule has 2 aliphatic heterocycles. The highest BCUT2D eigenvalue weighted by Crippen LogP contribution is 2.29. The van der Waals surface area contributed by atoms with Gasteiger partial charge in [0.1, 0.15) is 11.7 Å². The molecule has 118 valence electrons. The van der Waals surface area contributed by atoms with Gasteiger partial charge in [-0.1, -0.05) is 17.3 Å². The smallest absolute Gasteiger partial charge is 0.338 e. The number of oxime groups is 1. The summed E-state index contributed by atoms with van der Waals surface area (Å²) < 4.78 is 5.37. The molecule has 0 aromatic heterocycles. The number of rotatable bonds is 2. The van der Waals surface area contributed by atoms with Gasteiger partial charge in [-0.3, -0.25) is 0 Å². The van der Waals surface area contributed by atoms with E-state index >= 15 is 0 Å². The van der Waals surface area contributed by atoms with Crippen LogP contribution in [0.3, 0.4) is 0 Å². The number of nitrogens with zero attached hydrogens (tertiary/aromatic N) is 2. The summed E-state index contributed by atoms with van der Waals surface area (Å²) in [6, 6.07) is 7.42. The molecule has 2 heterocycles. The van der Waals surface area contributed by atoms with E-state index in [0.29, 0.717) is 11.5 Å². The first-order valence-electron chi connectivity index (χ1n) is 7.59. The maximum absolute atomic E-state index is 12.0. The zero-order chi connectivity index (χ0) is 15.9. The lowest BCUT2D eigenvalue weighted by Gasteiger charge is -2.19. The van der Waals surface area contributed by atoms with Gasteiger partial charge in [-0.25, -0.2) is 4.79 Å². The maximum Gasteiger partial charge on any atom is 0.338 e.